The number of benzene rings is 1. The van der Waals surface area contributed by atoms with Crippen LogP contribution in [-0.2, 0) is 9.53 Å². The van der Waals surface area contributed by atoms with Crippen LogP contribution in [0.2, 0.25) is 10.0 Å². The fraction of sp³-hybridized carbons (Fsp3) is 0.235. The molecule has 0 radical (unpaired) electrons. The zero-order chi connectivity index (χ0) is 18.4. The Morgan fingerprint density at radius 1 is 1.24 bits per heavy atom. The van der Waals surface area contributed by atoms with Crippen molar-refractivity contribution in [1.29, 1.82) is 0 Å². The van der Waals surface area contributed by atoms with E-state index in [0.717, 1.165) is 5.56 Å². The predicted octanol–water partition coefficient (Wildman–Crippen LogP) is 3.89. The van der Waals surface area contributed by atoms with Crippen molar-refractivity contribution in [1.82, 2.24) is 4.98 Å². The molecule has 0 aliphatic heterocycles. The van der Waals surface area contributed by atoms with Crippen molar-refractivity contribution in [2.75, 3.05) is 18.5 Å². The van der Waals surface area contributed by atoms with E-state index in [-0.39, 0.29) is 17.1 Å². The summed E-state index contributed by atoms with van der Waals surface area (Å²) in [6, 6.07) is 6.43. The smallest absolute Gasteiger partial charge is 0.344 e. The maximum Gasteiger partial charge on any atom is 0.344 e. The quantitative estimate of drug-likeness (QED) is 0.766. The second kappa shape index (κ2) is 8.69. The van der Waals surface area contributed by atoms with Gasteiger partial charge < -0.3 is 14.8 Å². The van der Waals surface area contributed by atoms with E-state index in [1.807, 2.05) is 0 Å². The summed E-state index contributed by atoms with van der Waals surface area (Å²) in [5.41, 5.74) is 1.18. The van der Waals surface area contributed by atoms with Crippen LogP contribution in [0, 0.1) is 6.92 Å². The number of aromatic nitrogens is 1. The Labute approximate surface area is 155 Å². The van der Waals surface area contributed by atoms with Crippen molar-refractivity contribution < 1.29 is 19.1 Å². The number of hydrogen-bond acceptors (Lipinski definition) is 5. The van der Waals surface area contributed by atoms with Crippen molar-refractivity contribution in [3.63, 3.8) is 0 Å². The van der Waals surface area contributed by atoms with E-state index in [1.54, 1.807) is 32.0 Å². The first-order chi connectivity index (χ1) is 11.9. The van der Waals surface area contributed by atoms with Crippen LogP contribution >= 0.6 is 23.2 Å². The molecule has 0 spiro atoms. The molecule has 6 nitrogen and oxygen atoms in total. The van der Waals surface area contributed by atoms with Crippen LogP contribution in [0.3, 0.4) is 0 Å². The van der Waals surface area contributed by atoms with Gasteiger partial charge in [0.25, 0.3) is 5.91 Å². The maximum atomic E-state index is 12.1. The third-order valence-corrected chi connectivity index (χ3v) is 3.96. The Morgan fingerprint density at radius 3 is 2.72 bits per heavy atom. The summed E-state index contributed by atoms with van der Waals surface area (Å²) in [7, 11) is 0. The fourth-order valence-electron chi connectivity index (χ4n) is 1.95. The molecule has 0 bridgehead atoms. The van der Waals surface area contributed by atoms with Gasteiger partial charge in [-0.2, -0.15) is 0 Å². The van der Waals surface area contributed by atoms with Gasteiger partial charge in [0.05, 0.1) is 22.3 Å². The van der Waals surface area contributed by atoms with Gasteiger partial charge in [-0.25, -0.2) is 9.78 Å². The number of aryl methyl sites for hydroxylation is 1. The number of rotatable bonds is 6. The molecule has 2 aromatic rings. The van der Waals surface area contributed by atoms with E-state index in [9.17, 15) is 9.59 Å². The zero-order valence-corrected chi connectivity index (χ0v) is 15.1. The van der Waals surface area contributed by atoms with Gasteiger partial charge in [0.2, 0.25) is 5.88 Å². The van der Waals surface area contributed by atoms with E-state index in [2.05, 4.69) is 10.3 Å². The van der Waals surface area contributed by atoms with Gasteiger partial charge in [0, 0.05) is 6.20 Å². The molecule has 0 unspecified atom stereocenters. The van der Waals surface area contributed by atoms with E-state index < -0.39 is 18.5 Å². The lowest BCUT2D eigenvalue weighted by Crippen LogP contribution is -2.21. The summed E-state index contributed by atoms with van der Waals surface area (Å²) in [4.78, 5) is 28.1. The van der Waals surface area contributed by atoms with Gasteiger partial charge in [-0.05, 0) is 37.6 Å². The second-order valence-corrected chi connectivity index (χ2v) is 5.75. The minimum atomic E-state index is -0.715. The molecule has 132 valence electrons. The molecule has 1 aromatic carbocycles. The standard InChI is InChI=1S/C17H16Cl2N2O4/c1-3-24-16-11(5-4-8-20-16)17(23)25-9-13(22)21-15-12(18)7-6-10(2)14(15)19/h4-8H,3,9H2,1-2H3,(H,21,22). The van der Waals surface area contributed by atoms with Crippen LogP contribution in [0.25, 0.3) is 0 Å². The molecular formula is C17H16Cl2N2O4. The number of halogens is 2. The number of amides is 1. The Balaban J connectivity index is 2.01. The first-order valence-electron chi connectivity index (χ1n) is 7.43. The monoisotopic (exact) mass is 382 g/mol. The Hall–Kier alpha value is -2.31. The number of hydrogen-bond donors (Lipinski definition) is 1. The highest BCUT2D eigenvalue weighted by Gasteiger charge is 2.17. The van der Waals surface area contributed by atoms with Gasteiger partial charge in [0.1, 0.15) is 5.56 Å². The lowest BCUT2D eigenvalue weighted by atomic mass is 10.2. The van der Waals surface area contributed by atoms with Gasteiger partial charge in [-0.15, -0.1) is 0 Å². The number of anilines is 1. The van der Waals surface area contributed by atoms with Gasteiger partial charge in [0.15, 0.2) is 6.61 Å². The second-order valence-electron chi connectivity index (χ2n) is 4.97. The summed E-state index contributed by atoms with van der Waals surface area (Å²) in [6.07, 6.45) is 1.50. The third-order valence-electron chi connectivity index (χ3n) is 3.16. The number of ether oxygens (including phenoxy) is 2. The number of esters is 1. The summed E-state index contributed by atoms with van der Waals surface area (Å²) in [5.74, 6) is -1.13. The molecule has 1 heterocycles. The molecule has 2 rings (SSSR count). The van der Waals surface area contributed by atoms with Crippen LogP contribution < -0.4 is 10.1 Å². The molecule has 0 atom stereocenters. The lowest BCUT2D eigenvalue weighted by molar-refractivity contribution is -0.119. The highest BCUT2D eigenvalue weighted by molar-refractivity contribution is 6.40. The Bertz CT molecular complexity index is 796. The van der Waals surface area contributed by atoms with Crippen LogP contribution in [0.1, 0.15) is 22.8 Å². The molecular weight excluding hydrogens is 367 g/mol. The largest absolute Gasteiger partial charge is 0.477 e. The topological polar surface area (TPSA) is 77.5 Å². The zero-order valence-electron chi connectivity index (χ0n) is 13.6. The number of carbonyl (C=O) groups is 2. The number of carbonyl (C=O) groups excluding carboxylic acids is 2. The maximum absolute atomic E-state index is 12.1. The SMILES string of the molecule is CCOc1ncccc1C(=O)OCC(=O)Nc1c(Cl)ccc(C)c1Cl. The average molecular weight is 383 g/mol. The molecule has 0 aliphatic carbocycles. The Morgan fingerprint density at radius 2 is 2.00 bits per heavy atom. The van der Waals surface area contributed by atoms with Crippen LogP contribution in [-0.4, -0.2) is 30.1 Å². The molecule has 1 amide bonds. The highest BCUT2D eigenvalue weighted by atomic mass is 35.5. The number of nitrogens with zero attached hydrogens (tertiary/aromatic N) is 1. The molecule has 0 aliphatic rings. The van der Waals surface area contributed by atoms with Gasteiger partial charge in [-0.3, -0.25) is 4.79 Å². The lowest BCUT2D eigenvalue weighted by Gasteiger charge is -2.12. The summed E-state index contributed by atoms with van der Waals surface area (Å²) in [6.45, 7) is 3.40. The molecule has 0 saturated heterocycles. The van der Waals surface area contributed by atoms with Crippen molar-refractivity contribution in [2.45, 2.75) is 13.8 Å². The molecule has 8 heteroatoms. The molecule has 1 N–H and O–H groups in total. The highest BCUT2D eigenvalue weighted by Crippen LogP contribution is 2.32. The Kier molecular flexibility index (Phi) is 6.61. The van der Waals surface area contributed by atoms with E-state index in [1.165, 1.54) is 12.3 Å². The normalized spacial score (nSPS) is 10.2. The van der Waals surface area contributed by atoms with Crippen molar-refractivity contribution in [3.8, 4) is 5.88 Å². The van der Waals surface area contributed by atoms with Crippen LogP contribution in [0.5, 0.6) is 5.88 Å². The van der Waals surface area contributed by atoms with E-state index in [0.29, 0.717) is 16.7 Å². The first kappa shape index (κ1) is 19.0. The molecule has 0 fully saturated rings. The fourth-order valence-corrected chi connectivity index (χ4v) is 2.42. The van der Waals surface area contributed by atoms with Gasteiger partial charge >= 0.3 is 5.97 Å². The van der Waals surface area contributed by atoms with Crippen LogP contribution in [0.4, 0.5) is 5.69 Å². The molecule has 1 aromatic heterocycles. The van der Waals surface area contributed by atoms with Crippen molar-refractivity contribution in [2.24, 2.45) is 0 Å². The van der Waals surface area contributed by atoms with Crippen molar-refractivity contribution in [3.05, 3.63) is 51.6 Å². The van der Waals surface area contributed by atoms with E-state index in [4.69, 9.17) is 32.7 Å². The summed E-state index contributed by atoms with van der Waals surface area (Å²) >= 11 is 12.2. The van der Waals surface area contributed by atoms with Crippen molar-refractivity contribution >= 4 is 40.8 Å². The minimum Gasteiger partial charge on any atom is -0.477 e. The summed E-state index contributed by atoms with van der Waals surface area (Å²) in [5, 5.41) is 3.16. The number of nitrogens with one attached hydrogen (secondary N) is 1. The first-order valence-corrected chi connectivity index (χ1v) is 8.19. The average Bonchev–Trinajstić information content (AvgIpc) is 2.61. The summed E-state index contributed by atoms with van der Waals surface area (Å²) < 4.78 is 10.3. The molecule has 0 saturated carbocycles. The predicted molar refractivity (Wildman–Crippen MR) is 95.5 cm³/mol. The third kappa shape index (κ3) is 4.84. The number of pyridine rings is 1. The minimum absolute atomic E-state index is 0.142. The molecule has 25 heavy (non-hydrogen) atoms. The van der Waals surface area contributed by atoms with Gasteiger partial charge in [-0.1, -0.05) is 29.3 Å². The van der Waals surface area contributed by atoms with E-state index >= 15 is 0 Å². The van der Waals surface area contributed by atoms with Crippen LogP contribution in [0.15, 0.2) is 30.5 Å².